The lowest BCUT2D eigenvalue weighted by molar-refractivity contribution is -0.382. The summed E-state index contributed by atoms with van der Waals surface area (Å²) >= 11 is 0. The topological polar surface area (TPSA) is 55.3 Å². The van der Waals surface area contributed by atoms with E-state index in [-0.39, 0.29) is 0 Å². The molecule has 0 saturated carbocycles. The summed E-state index contributed by atoms with van der Waals surface area (Å²) in [7, 11) is 0. The van der Waals surface area contributed by atoms with Crippen molar-refractivity contribution in [2.24, 2.45) is 5.92 Å². The molecule has 0 rings (SSSR count). The molecule has 8 heavy (non-hydrogen) atoms. The van der Waals surface area contributed by atoms with Crippen molar-refractivity contribution in [1.29, 1.82) is 0 Å². The predicted molar refractivity (Wildman–Crippen MR) is 33.9 cm³/mol. The van der Waals surface area contributed by atoms with Crippen LogP contribution in [0, 0.1) is 5.92 Å². The molecule has 0 amide bonds. The highest BCUT2D eigenvalue weighted by Gasteiger charge is 1.98. The summed E-state index contributed by atoms with van der Waals surface area (Å²) in [6.07, 6.45) is 2.56. The van der Waals surface area contributed by atoms with E-state index in [1.807, 2.05) is 0 Å². The summed E-state index contributed by atoms with van der Waals surface area (Å²) in [5, 5.41) is 0. The van der Waals surface area contributed by atoms with Gasteiger partial charge in [0.2, 0.25) is 0 Å². The fraction of sp³-hybridized carbons (Fsp3) is 1.00. The maximum atomic E-state index is 3.82. The SMILES string of the molecule is C[C@H](C[NH3+])CCC[NH3+]. The lowest BCUT2D eigenvalue weighted by Gasteiger charge is -2.01. The summed E-state index contributed by atoms with van der Waals surface area (Å²) in [5.74, 6) is 0.803. The third kappa shape index (κ3) is 4.09. The molecule has 0 unspecified atom stereocenters. The highest BCUT2D eigenvalue weighted by molar-refractivity contribution is 4.47. The van der Waals surface area contributed by atoms with E-state index < -0.39 is 0 Å². The smallest absolute Gasteiger partial charge is 0.0765 e. The van der Waals surface area contributed by atoms with Gasteiger partial charge >= 0.3 is 0 Å². The van der Waals surface area contributed by atoms with Gasteiger partial charge in [-0.25, -0.2) is 0 Å². The fourth-order valence-electron chi connectivity index (χ4n) is 0.637. The standard InChI is InChI=1S/C6H16N2/c1-6(5-8)3-2-4-7/h6H,2-5,7-8H2,1H3/p+2/t6-/m0/s1. The Hall–Kier alpha value is -0.0800. The van der Waals surface area contributed by atoms with Gasteiger partial charge in [-0.3, -0.25) is 0 Å². The van der Waals surface area contributed by atoms with Crippen molar-refractivity contribution in [2.75, 3.05) is 13.1 Å². The average molecular weight is 118 g/mol. The van der Waals surface area contributed by atoms with Gasteiger partial charge in [0.25, 0.3) is 0 Å². The third-order valence-corrected chi connectivity index (χ3v) is 1.44. The van der Waals surface area contributed by atoms with Crippen LogP contribution in [-0.2, 0) is 0 Å². The van der Waals surface area contributed by atoms with E-state index in [0.717, 1.165) is 19.0 Å². The number of hydrogen-bond acceptors (Lipinski definition) is 0. The van der Waals surface area contributed by atoms with Crippen molar-refractivity contribution in [3.63, 3.8) is 0 Å². The van der Waals surface area contributed by atoms with Gasteiger partial charge in [-0.05, 0) is 12.8 Å². The zero-order valence-corrected chi connectivity index (χ0v) is 5.82. The van der Waals surface area contributed by atoms with Crippen LogP contribution in [0.5, 0.6) is 0 Å². The van der Waals surface area contributed by atoms with Crippen LogP contribution < -0.4 is 11.5 Å². The Balaban J connectivity index is 2.86. The molecular formula is C6H18N2+2. The molecule has 0 spiro atoms. The molecule has 0 aliphatic heterocycles. The minimum atomic E-state index is 0.803. The first-order valence-electron chi connectivity index (χ1n) is 3.39. The van der Waals surface area contributed by atoms with E-state index in [0.29, 0.717) is 0 Å². The molecule has 2 nitrogen and oxygen atoms in total. The largest absolute Gasteiger partial charge is 0.358 e. The normalized spacial score (nSPS) is 13.9. The van der Waals surface area contributed by atoms with Gasteiger partial charge in [-0.2, -0.15) is 0 Å². The van der Waals surface area contributed by atoms with E-state index in [1.54, 1.807) is 0 Å². The number of quaternary nitrogens is 2. The molecule has 0 aromatic carbocycles. The Labute approximate surface area is 51.2 Å². The van der Waals surface area contributed by atoms with Gasteiger partial charge in [0.05, 0.1) is 13.1 Å². The predicted octanol–water partition coefficient (Wildman–Crippen LogP) is -1.11. The third-order valence-electron chi connectivity index (χ3n) is 1.44. The highest BCUT2D eigenvalue weighted by Crippen LogP contribution is 1.99. The first kappa shape index (κ1) is 7.92. The molecule has 0 aromatic rings. The minimum Gasteiger partial charge on any atom is -0.358 e. The lowest BCUT2D eigenvalue weighted by atomic mass is 10.1. The Morgan fingerprint density at radius 2 is 2.00 bits per heavy atom. The average Bonchev–Trinajstić information content (AvgIpc) is 1.83. The molecular weight excluding hydrogens is 100 g/mol. The van der Waals surface area contributed by atoms with Gasteiger partial charge in [-0.1, -0.05) is 6.92 Å². The van der Waals surface area contributed by atoms with Gasteiger partial charge in [0.15, 0.2) is 0 Å². The van der Waals surface area contributed by atoms with Crippen molar-refractivity contribution >= 4 is 0 Å². The van der Waals surface area contributed by atoms with Gasteiger partial charge in [-0.15, -0.1) is 0 Å². The summed E-state index contributed by atoms with van der Waals surface area (Å²) in [5.41, 5.74) is 7.59. The Morgan fingerprint density at radius 1 is 1.38 bits per heavy atom. The second-order valence-corrected chi connectivity index (χ2v) is 2.39. The van der Waals surface area contributed by atoms with Crippen LogP contribution in [0.25, 0.3) is 0 Å². The lowest BCUT2D eigenvalue weighted by Crippen LogP contribution is -2.54. The molecule has 0 aromatic heterocycles. The molecule has 2 heteroatoms. The molecule has 0 fully saturated rings. The molecule has 1 atom stereocenters. The summed E-state index contributed by atoms with van der Waals surface area (Å²) < 4.78 is 0. The minimum absolute atomic E-state index is 0.803. The summed E-state index contributed by atoms with van der Waals surface area (Å²) in [6, 6.07) is 0. The summed E-state index contributed by atoms with van der Waals surface area (Å²) in [6.45, 7) is 4.38. The number of rotatable bonds is 4. The zero-order chi connectivity index (χ0) is 6.41. The first-order chi connectivity index (χ1) is 3.81. The Bertz CT molecular complexity index is 45.8. The molecule has 0 saturated heterocycles. The molecule has 0 aliphatic rings. The molecule has 0 aliphatic carbocycles. The zero-order valence-electron chi connectivity index (χ0n) is 5.82. The van der Waals surface area contributed by atoms with Gasteiger partial charge in [0, 0.05) is 5.92 Å². The second kappa shape index (κ2) is 5.06. The second-order valence-electron chi connectivity index (χ2n) is 2.39. The van der Waals surface area contributed by atoms with E-state index in [1.165, 1.54) is 12.8 Å². The van der Waals surface area contributed by atoms with Crippen LogP contribution in [0.1, 0.15) is 19.8 Å². The van der Waals surface area contributed by atoms with Crippen molar-refractivity contribution in [1.82, 2.24) is 0 Å². The van der Waals surface area contributed by atoms with Crippen LogP contribution in [0.2, 0.25) is 0 Å². The maximum absolute atomic E-state index is 3.82. The maximum Gasteiger partial charge on any atom is 0.0765 e. The fourth-order valence-corrected chi connectivity index (χ4v) is 0.637. The molecule has 6 N–H and O–H groups in total. The van der Waals surface area contributed by atoms with Crippen molar-refractivity contribution < 1.29 is 11.5 Å². The van der Waals surface area contributed by atoms with E-state index in [4.69, 9.17) is 0 Å². The Morgan fingerprint density at radius 3 is 2.38 bits per heavy atom. The van der Waals surface area contributed by atoms with Crippen LogP contribution in [-0.4, -0.2) is 13.1 Å². The van der Waals surface area contributed by atoms with Crippen molar-refractivity contribution in [2.45, 2.75) is 19.8 Å². The van der Waals surface area contributed by atoms with Crippen LogP contribution in [0.4, 0.5) is 0 Å². The highest BCUT2D eigenvalue weighted by atomic mass is 14.5. The van der Waals surface area contributed by atoms with Crippen LogP contribution >= 0.6 is 0 Å². The molecule has 0 radical (unpaired) electrons. The molecule has 50 valence electrons. The van der Waals surface area contributed by atoms with E-state index >= 15 is 0 Å². The monoisotopic (exact) mass is 118 g/mol. The quantitative estimate of drug-likeness (QED) is 0.470. The molecule has 0 bridgehead atoms. The van der Waals surface area contributed by atoms with Gasteiger partial charge < -0.3 is 11.5 Å². The van der Waals surface area contributed by atoms with E-state index in [9.17, 15) is 0 Å². The summed E-state index contributed by atoms with van der Waals surface area (Å²) in [4.78, 5) is 0. The first-order valence-corrected chi connectivity index (χ1v) is 3.39. The van der Waals surface area contributed by atoms with Crippen molar-refractivity contribution in [3.05, 3.63) is 0 Å². The van der Waals surface area contributed by atoms with E-state index in [2.05, 4.69) is 18.4 Å². The Kier molecular flexibility index (Phi) is 5.01. The van der Waals surface area contributed by atoms with Crippen LogP contribution in [0.15, 0.2) is 0 Å². The van der Waals surface area contributed by atoms with Crippen molar-refractivity contribution in [3.8, 4) is 0 Å². The molecule has 0 heterocycles. The van der Waals surface area contributed by atoms with Gasteiger partial charge in [0.1, 0.15) is 0 Å². The van der Waals surface area contributed by atoms with Crippen LogP contribution in [0.3, 0.4) is 0 Å². The number of hydrogen-bond donors (Lipinski definition) is 2.